The lowest BCUT2D eigenvalue weighted by Gasteiger charge is -2.34. The number of piperazine rings is 1. The normalized spacial score (nSPS) is 14.9. The first-order valence-electron chi connectivity index (χ1n) is 11.1. The van der Waals surface area contributed by atoms with E-state index in [1.54, 1.807) is 45.6 Å². The summed E-state index contributed by atoms with van der Waals surface area (Å²) in [5.74, 6) is 1.35. The number of methoxy groups -OCH3 is 3. The van der Waals surface area contributed by atoms with Crippen molar-refractivity contribution in [2.75, 3.05) is 54.1 Å². The van der Waals surface area contributed by atoms with Crippen LogP contribution in [0.15, 0.2) is 36.4 Å². The number of amides is 1. The van der Waals surface area contributed by atoms with Crippen LogP contribution in [0.2, 0.25) is 0 Å². The van der Waals surface area contributed by atoms with Gasteiger partial charge in [-0.3, -0.25) is 14.6 Å². The molecule has 0 aromatic heterocycles. The van der Waals surface area contributed by atoms with Gasteiger partial charge in [-0.05, 0) is 23.8 Å². The van der Waals surface area contributed by atoms with Crippen LogP contribution in [0.3, 0.4) is 0 Å². The molecule has 192 valence electrons. The molecular weight excluding hydrogens is 467 g/mol. The first kappa shape index (κ1) is 26.4. The highest BCUT2D eigenvalue weighted by atomic mass is 19.4. The summed E-state index contributed by atoms with van der Waals surface area (Å²) in [5, 5.41) is 2.92. The number of carbonyl (C=O) groups excluding carboxylic acids is 1. The van der Waals surface area contributed by atoms with Crippen molar-refractivity contribution < 1.29 is 36.9 Å². The lowest BCUT2D eigenvalue weighted by atomic mass is 10.1. The Kier molecular flexibility index (Phi) is 9.05. The molecule has 2 aromatic rings. The van der Waals surface area contributed by atoms with Gasteiger partial charge in [-0.1, -0.05) is 12.1 Å². The average molecular weight is 498 g/mol. The molecule has 1 N–H and O–H groups in total. The molecule has 1 aliphatic heterocycles. The van der Waals surface area contributed by atoms with Gasteiger partial charge in [-0.15, -0.1) is 13.2 Å². The Morgan fingerprint density at radius 1 is 0.886 bits per heavy atom. The average Bonchev–Trinajstić information content (AvgIpc) is 2.83. The molecule has 0 spiro atoms. The van der Waals surface area contributed by atoms with Gasteiger partial charge in [0.05, 0.1) is 27.9 Å². The van der Waals surface area contributed by atoms with Gasteiger partial charge in [0, 0.05) is 50.9 Å². The lowest BCUT2D eigenvalue weighted by Crippen LogP contribution is -2.49. The molecule has 0 radical (unpaired) electrons. The largest absolute Gasteiger partial charge is 0.573 e. The van der Waals surface area contributed by atoms with Gasteiger partial charge in [0.15, 0.2) is 11.5 Å². The third-order valence-corrected chi connectivity index (χ3v) is 5.66. The van der Waals surface area contributed by atoms with Crippen molar-refractivity contribution in [3.8, 4) is 23.0 Å². The summed E-state index contributed by atoms with van der Waals surface area (Å²) in [4.78, 5) is 16.8. The number of alkyl halides is 3. The smallest absolute Gasteiger partial charge is 0.496 e. The minimum atomic E-state index is -4.70. The molecule has 8 nitrogen and oxygen atoms in total. The fraction of sp³-hybridized carbons (Fsp3) is 0.458. The topological polar surface area (TPSA) is 72.5 Å². The van der Waals surface area contributed by atoms with Crippen LogP contribution in [0.1, 0.15) is 11.1 Å². The van der Waals surface area contributed by atoms with E-state index in [4.69, 9.17) is 14.2 Å². The van der Waals surface area contributed by atoms with E-state index in [9.17, 15) is 18.0 Å². The highest BCUT2D eigenvalue weighted by Gasteiger charge is 2.31. The van der Waals surface area contributed by atoms with Crippen LogP contribution in [0.5, 0.6) is 23.0 Å². The Hall–Kier alpha value is -3.18. The minimum Gasteiger partial charge on any atom is -0.496 e. The van der Waals surface area contributed by atoms with Crippen molar-refractivity contribution in [3.05, 3.63) is 47.5 Å². The lowest BCUT2D eigenvalue weighted by molar-refractivity contribution is -0.274. The Morgan fingerprint density at radius 2 is 1.46 bits per heavy atom. The fourth-order valence-electron chi connectivity index (χ4n) is 3.84. The molecule has 1 heterocycles. The van der Waals surface area contributed by atoms with Gasteiger partial charge in [0.25, 0.3) is 0 Å². The molecule has 0 aliphatic carbocycles. The van der Waals surface area contributed by atoms with Crippen molar-refractivity contribution in [3.63, 3.8) is 0 Å². The molecule has 0 bridgehead atoms. The third-order valence-electron chi connectivity index (χ3n) is 5.66. The summed E-state index contributed by atoms with van der Waals surface area (Å²) in [6.45, 7) is 4.09. The summed E-state index contributed by atoms with van der Waals surface area (Å²) in [6.07, 6.45) is -4.70. The predicted molar refractivity (Wildman–Crippen MR) is 123 cm³/mol. The van der Waals surface area contributed by atoms with Crippen LogP contribution in [0.25, 0.3) is 0 Å². The molecule has 1 saturated heterocycles. The summed E-state index contributed by atoms with van der Waals surface area (Å²) in [6, 6.07) is 9.38. The predicted octanol–water partition coefficient (Wildman–Crippen LogP) is 3.05. The van der Waals surface area contributed by atoms with Crippen LogP contribution in [-0.4, -0.2) is 76.1 Å². The Balaban J connectivity index is 1.43. The van der Waals surface area contributed by atoms with Crippen molar-refractivity contribution in [1.82, 2.24) is 15.1 Å². The van der Waals surface area contributed by atoms with Gasteiger partial charge in [-0.2, -0.15) is 0 Å². The molecule has 0 saturated carbocycles. The van der Waals surface area contributed by atoms with Crippen LogP contribution < -0.4 is 24.3 Å². The van der Waals surface area contributed by atoms with E-state index < -0.39 is 6.36 Å². The van der Waals surface area contributed by atoms with Gasteiger partial charge >= 0.3 is 6.36 Å². The fourth-order valence-corrected chi connectivity index (χ4v) is 3.84. The SMILES string of the molecule is COc1cc(OC)c(OC)cc1CNC(=O)CN1CCN(Cc2ccc(OC(F)(F)F)cc2)CC1. The van der Waals surface area contributed by atoms with E-state index in [1.165, 1.54) is 12.1 Å². The molecule has 1 aliphatic rings. The van der Waals surface area contributed by atoms with E-state index in [0.717, 1.165) is 24.2 Å². The second-order valence-electron chi connectivity index (χ2n) is 8.04. The van der Waals surface area contributed by atoms with Gasteiger partial charge < -0.3 is 24.3 Å². The molecule has 1 fully saturated rings. The monoisotopic (exact) mass is 497 g/mol. The number of carbonyl (C=O) groups is 1. The Labute approximate surface area is 202 Å². The number of nitrogens with one attached hydrogen (secondary N) is 1. The molecule has 2 aromatic carbocycles. The summed E-state index contributed by atoms with van der Waals surface area (Å²) >= 11 is 0. The van der Waals surface area contributed by atoms with E-state index >= 15 is 0 Å². The zero-order valence-corrected chi connectivity index (χ0v) is 20.0. The maximum absolute atomic E-state index is 12.5. The zero-order chi connectivity index (χ0) is 25.4. The number of rotatable bonds is 10. The third kappa shape index (κ3) is 7.93. The Bertz CT molecular complexity index is 978. The minimum absolute atomic E-state index is 0.101. The van der Waals surface area contributed by atoms with Gasteiger partial charge in [0.1, 0.15) is 11.5 Å². The highest BCUT2D eigenvalue weighted by Crippen LogP contribution is 2.34. The summed E-state index contributed by atoms with van der Waals surface area (Å²) < 4.78 is 56.8. The molecule has 11 heteroatoms. The van der Waals surface area contributed by atoms with Crippen molar-refractivity contribution in [2.24, 2.45) is 0 Å². The van der Waals surface area contributed by atoms with Crippen molar-refractivity contribution in [1.29, 1.82) is 0 Å². The van der Waals surface area contributed by atoms with Crippen LogP contribution in [0.4, 0.5) is 13.2 Å². The maximum Gasteiger partial charge on any atom is 0.573 e. The number of benzene rings is 2. The number of ether oxygens (including phenoxy) is 4. The number of hydrogen-bond acceptors (Lipinski definition) is 7. The number of halogens is 3. The summed E-state index contributed by atoms with van der Waals surface area (Å²) in [7, 11) is 4.64. The molecule has 1 amide bonds. The van der Waals surface area contributed by atoms with E-state index in [0.29, 0.717) is 36.9 Å². The standard InChI is InChI=1S/C24H30F3N3O5/c1-32-20-13-22(34-3)21(33-2)12-18(20)14-28-23(31)16-30-10-8-29(9-11-30)15-17-4-6-19(7-5-17)35-24(25,26)27/h4-7,12-13H,8-11,14-16H2,1-3H3,(H,28,31). The first-order chi connectivity index (χ1) is 16.7. The van der Waals surface area contributed by atoms with E-state index in [-0.39, 0.29) is 24.7 Å². The van der Waals surface area contributed by atoms with Gasteiger partial charge in [-0.25, -0.2) is 0 Å². The molecule has 35 heavy (non-hydrogen) atoms. The Morgan fingerprint density at radius 3 is 2.03 bits per heavy atom. The second kappa shape index (κ2) is 12.0. The molecule has 3 rings (SSSR count). The van der Waals surface area contributed by atoms with E-state index in [1.807, 2.05) is 0 Å². The first-order valence-corrected chi connectivity index (χ1v) is 11.1. The highest BCUT2D eigenvalue weighted by molar-refractivity contribution is 5.78. The van der Waals surface area contributed by atoms with Crippen molar-refractivity contribution >= 4 is 5.91 Å². The molecular formula is C24H30F3N3O5. The second-order valence-corrected chi connectivity index (χ2v) is 8.04. The van der Waals surface area contributed by atoms with Crippen molar-refractivity contribution in [2.45, 2.75) is 19.5 Å². The molecule has 0 unspecified atom stereocenters. The van der Waals surface area contributed by atoms with Crippen LogP contribution in [-0.2, 0) is 17.9 Å². The zero-order valence-electron chi connectivity index (χ0n) is 20.0. The summed E-state index contributed by atoms with van der Waals surface area (Å²) in [5.41, 5.74) is 1.67. The van der Waals surface area contributed by atoms with Gasteiger partial charge in [0.2, 0.25) is 5.91 Å². The quantitative estimate of drug-likeness (QED) is 0.541. The van der Waals surface area contributed by atoms with E-state index in [2.05, 4.69) is 19.9 Å². The maximum atomic E-state index is 12.5. The number of nitrogens with zero attached hydrogens (tertiary/aromatic N) is 2. The number of hydrogen-bond donors (Lipinski definition) is 1. The molecule has 0 atom stereocenters. The van der Waals surface area contributed by atoms with Crippen LogP contribution >= 0.6 is 0 Å². The van der Waals surface area contributed by atoms with Crippen LogP contribution in [0, 0.1) is 0 Å².